The number of carbonyl (C=O) groups excluding carboxylic acids is 1. The van der Waals surface area contributed by atoms with Crippen molar-refractivity contribution in [1.29, 1.82) is 0 Å². The second-order valence-electron chi connectivity index (χ2n) is 6.17. The van der Waals surface area contributed by atoms with Crippen LogP contribution in [0.15, 0.2) is 23.1 Å². The highest BCUT2D eigenvalue weighted by molar-refractivity contribution is 8.26. The van der Waals surface area contributed by atoms with E-state index in [1.807, 2.05) is 38.1 Å². The largest absolute Gasteiger partial charge is 0.481 e. The van der Waals surface area contributed by atoms with Gasteiger partial charge in [-0.05, 0) is 49.6 Å². The summed E-state index contributed by atoms with van der Waals surface area (Å²) in [6, 6.07) is 5.98. The van der Waals surface area contributed by atoms with Crippen LogP contribution >= 0.6 is 24.0 Å². The Hall–Kier alpha value is -1.90. The van der Waals surface area contributed by atoms with E-state index in [4.69, 9.17) is 17.3 Å². The number of thiocarbonyl (C=S) groups is 1. The third-order valence-corrected chi connectivity index (χ3v) is 5.68. The number of aliphatic hydroxyl groups is 1. The number of aryl methyl sites for hydroxylation is 1. The van der Waals surface area contributed by atoms with Gasteiger partial charge >= 0.3 is 5.97 Å². The molecule has 2 N–H and O–H groups in total. The lowest BCUT2D eigenvalue weighted by Gasteiger charge is -2.22. The lowest BCUT2D eigenvalue weighted by atomic mass is 10.1. The quantitative estimate of drug-likeness (QED) is 0.480. The van der Waals surface area contributed by atoms with Crippen molar-refractivity contribution in [1.82, 2.24) is 4.90 Å². The molecule has 6 nitrogen and oxygen atoms in total. The lowest BCUT2D eigenvalue weighted by Crippen LogP contribution is -2.29. The first kappa shape index (κ1) is 21.4. The van der Waals surface area contributed by atoms with Gasteiger partial charge in [-0.15, -0.1) is 0 Å². The van der Waals surface area contributed by atoms with Crippen LogP contribution in [0.5, 0.6) is 0 Å². The molecule has 27 heavy (non-hydrogen) atoms. The van der Waals surface area contributed by atoms with Crippen molar-refractivity contribution >= 4 is 51.9 Å². The minimum atomic E-state index is -0.881. The van der Waals surface area contributed by atoms with Gasteiger partial charge in [-0.2, -0.15) is 0 Å². The summed E-state index contributed by atoms with van der Waals surface area (Å²) in [5, 5.41) is 17.9. The summed E-state index contributed by atoms with van der Waals surface area (Å²) in [5.41, 5.74) is 2.99. The Bertz CT molecular complexity index is 764. The molecule has 8 heteroatoms. The van der Waals surface area contributed by atoms with Gasteiger partial charge in [0.05, 0.1) is 11.5 Å². The molecule has 146 valence electrons. The van der Waals surface area contributed by atoms with Crippen LogP contribution < -0.4 is 4.90 Å². The molecule has 1 saturated heterocycles. The molecule has 0 aromatic heterocycles. The first-order chi connectivity index (χ1) is 12.9. The maximum Gasteiger partial charge on any atom is 0.303 e. The smallest absolute Gasteiger partial charge is 0.303 e. The van der Waals surface area contributed by atoms with Gasteiger partial charge in [0.15, 0.2) is 0 Å². The third kappa shape index (κ3) is 5.54. The van der Waals surface area contributed by atoms with Gasteiger partial charge in [-0.25, -0.2) is 0 Å². The number of hydrogen-bond donors (Lipinski definition) is 2. The Balaban J connectivity index is 2.15. The molecule has 0 radical (unpaired) electrons. The molecule has 2 rings (SSSR count). The van der Waals surface area contributed by atoms with E-state index in [1.165, 1.54) is 16.7 Å². The van der Waals surface area contributed by atoms with Gasteiger partial charge < -0.3 is 15.1 Å². The van der Waals surface area contributed by atoms with E-state index in [1.54, 1.807) is 0 Å². The van der Waals surface area contributed by atoms with E-state index >= 15 is 0 Å². The molecule has 1 aliphatic heterocycles. The highest BCUT2D eigenvalue weighted by Gasteiger charge is 2.31. The van der Waals surface area contributed by atoms with E-state index in [0.29, 0.717) is 28.7 Å². The summed E-state index contributed by atoms with van der Waals surface area (Å²) in [6.07, 6.45) is 2.22. The first-order valence-corrected chi connectivity index (χ1v) is 10.0. The number of hydrogen-bond acceptors (Lipinski definition) is 6. The number of amides is 1. The molecule has 1 aromatic rings. The van der Waals surface area contributed by atoms with Gasteiger partial charge in [0.25, 0.3) is 5.91 Å². The number of thioether (sulfide) groups is 1. The summed E-state index contributed by atoms with van der Waals surface area (Å²) in [6.45, 7) is 5.81. The minimum Gasteiger partial charge on any atom is -0.481 e. The number of rotatable bonds is 9. The van der Waals surface area contributed by atoms with Gasteiger partial charge in [-0.1, -0.05) is 30.0 Å². The van der Waals surface area contributed by atoms with Crippen LogP contribution in [0.4, 0.5) is 5.69 Å². The van der Waals surface area contributed by atoms with Crippen molar-refractivity contribution in [2.75, 3.05) is 31.1 Å². The standard InChI is InChI=1S/C19H24N2O4S2/c1-3-20(9-10-22)15-7-6-14(13(2)11-15)12-16-18(25)21(19(26)27-16)8-4-5-17(23)24/h6-7,11-12,22H,3-5,8-10H2,1-2H3,(H,23,24)/b16-12-. The summed E-state index contributed by atoms with van der Waals surface area (Å²) >= 11 is 6.52. The number of nitrogens with zero attached hydrogens (tertiary/aromatic N) is 2. The second-order valence-corrected chi connectivity index (χ2v) is 7.85. The fourth-order valence-electron chi connectivity index (χ4n) is 2.83. The predicted octanol–water partition coefficient (Wildman–Crippen LogP) is 2.88. The van der Waals surface area contributed by atoms with Crippen molar-refractivity contribution in [2.24, 2.45) is 0 Å². The molecule has 0 aliphatic carbocycles. The van der Waals surface area contributed by atoms with Crippen molar-refractivity contribution < 1.29 is 19.8 Å². The van der Waals surface area contributed by atoms with Crippen LogP contribution in [0.3, 0.4) is 0 Å². The molecule has 1 aliphatic rings. The van der Waals surface area contributed by atoms with E-state index in [0.717, 1.165) is 23.4 Å². The van der Waals surface area contributed by atoms with Crippen LogP contribution in [-0.2, 0) is 9.59 Å². The zero-order valence-corrected chi connectivity index (χ0v) is 17.1. The summed E-state index contributed by atoms with van der Waals surface area (Å²) < 4.78 is 0.464. The van der Waals surface area contributed by atoms with Gasteiger partial charge in [-0.3, -0.25) is 14.5 Å². The normalized spacial score (nSPS) is 15.7. The maximum atomic E-state index is 12.6. The molecule has 1 fully saturated rings. The lowest BCUT2D eigenvalue weighted by molar-refractivity contribution is -0.137. The number of carboxylic acids is 1. The SMILES string of the molecule is CCN(CCO)c1ccc(/C=C2\SC(=S)N(CCCC(=O)O)C2=O)c(C)c1. The number of benzene rings is 1. The Kier molecular flexibility index (Phi) is 7.82. The highest BCUT2D eigenvalue weighted by Crippen LogP contribution is 2.33. The van der Waals surface area contributed by atoms with Crippen LogP contribution in [0, 0.1) is 6.92 Å². The molecular weight excluding hydrogens is 384 g/mol. The van der Waals surface area contributed by atoms with Crippen molar-refractivity contribution in [2.45, 2.75) is 26.7 Å². The summed E-state index contributed by atoms with van der Waals surface area (Å²) in [7, 11) is 0. The molecule has 0 spiro atoms. The van der Waals surface area contributed by atoms with Gasteiger partial charge in [0.2, 0.25) is 0 Å². The number of carboxylic acid groups (broad SMARTS) is 1. The molecule has 1 aromatic carbocycles. The topological polar surface area (TPSA) is 81.1 Å². The minimum absolute atomic E-state index is 0.0123. The molecule has 1 heterocycles. The number of carbonyl (C=O) groups is 2. The highest BCUT2D eigenvalue weighted by atomic mass is 32.2. The van der Waals surface area contributed by atoms with Crippen molar-refractivity contribution in [3.63, 3.8) is 0 Å². The Morgan fingerprint density at radius 1 is 1.41 bits per heavy atom. The average Bonchev–Trinajstić information content (AvgIpc) is 2.88. The number of aliphatic carboxylic acids is 1. The average molecular weight is 409 g/mol. The van der Waals surface area contributed by atoms with E-state index in [9.17, 15) is 14.7 Å². The number of likely N-dealkylation sites (N-methyl/N-ethyl adjacent to an activating group) is 1. The first-order valence-electron chi connectivity index (χ1n) is 8.81. The maximum absolute atomic E-state index is 12.6. The van der Waals surface area contributed by atoms with Gasteiger partial charge in [0.1, 0.15) is 4.32 Å². The molecule has 0 atom stereocenters. The summed E-state index contributed by atoms with van der Waals surface area (Å²) in [5.74, 6) is -1.05. The zero-order chi connectivity index (χ0) is 20.0. The summed E-state index contributed by atoms with van der Waals surface area (Å²) in [4.78, 5) is 27.3. The van der Waals surface area contributed by atoms with Crippen LogP contribution in [0.2, 0.25) is 0 Å². The molecular formula is C19H24N2O4S2. The van der Waals surface area contributed by atoms with Crippen molar-refractivity contribution in [3.8, 4) is 0 Å². The second kappa shape index (κ2) is 9.87. The van der Waals surface area contributed by atoms with Crippen LogP contribution in [0.1, 0.15) is 30.9 Å². The van der Waals surface area contributed by atoms with Crippen molar-refractivity contribution in [3.05, 3.63) is 34.2 Å². The van der Waals surface area contributed by atoms with Gasteiger partial charge in [0, 0.05) is 31.7 Å². The van der Waals surface area contributed by atoms with E-state index in [2.05, 4.69) is 4.90 Å². The molecule has 1 amide bonds. The Labute approximate surface area is 168 Å². The monoisotopic (exact) mass is 408 g/mol. The molecule has 0 saturated carbocycles. The Morgan fingerprint density at radius 2 is 2.15 bits per heavy atom. The van der Waals surface area contributed by atoms with E-state index in [-0.39, 0.29) is 18.9 Å². The predicted molar refractivity (Wildman–Crippen MR) is 113 cm³/mol. The van der Waals surface area contributed by atoms with E-state index < -0.39 is 5.97 Å². The fourth-order valence-corrected chi connectivity index (χ4v) is 4.13. The number of aliphatic hydroxyl groups excluding tert-OH is 1. The number of anilines is 1. The van der Waals surface area contributed by atoms with Crippen LogP contribution in [-0.4, -0.2) is 57.6 Å². The zero-order valence-electron chi connectivity index (χ0n) is 15.5. The molecule has 0 unspecified atom stereocenters. The Morgan fingerprint density at radius 3 is 2.74 bits per heavy atom. The fraction of sp³-hybridized carbons (Fsp3) is 0.421. The molecule has 0 bridgehead atoms. The van der Waals surface area contributed by atoms with Crippen LogP contribution in [0.25, 0.3) is 6.08 Å². The third-order valence-electron chi connectivity index (χ3n) is 4.30.